The van der Waals surface area contributed by atoms with Crippen LogP contribution >= 0.6 is 0 Å². The minimum Gasteiger partial charge on any atom is -0.393 e. The zero-order valence-electron chi connectivity index (χ0n) is 11.0. The van der Waals surface area contributed by atoms with Crippen molar-refractivity contribution < 1.29 is 9.90 Å². The number of likely N-dealkylation sites (tertiary alicyclic amines) is 1. The second-order valence-corrected chi connectivity index (χ2v) is 4.96. The van der Waals surface area contributed by atoms with Crippen molar-refractivity contribution in [1.29, 1.82) is 0 Å². The summed E-state index contributed by atoms with van der Waals surface area (Å²) < 4.78 is 1.76. The lowest BCUT2D eigenvalue weighted by Gasteiger charge is -2.25. The summed E-state index contributed by atoms with van der Waals surface area (Å²) in [5.74, 6) is 0.0397. The van der Waals surface area contributed by atoms with Gasteiger partial charge in [-0.25, -0.2) is 0 Å². The van der Waals surface area contributed by atoms with Gasteiger partial charge >= 0.3 is 0 Å². The third kappa shape index (κ3) is 2.72. The first-order valence-corrected chi connectivity index (χ1v) is 6.63. The summed E-state index contributed by atoms with van der Waals surface area (Å²) in [6.07, 6.45) is 5.72. The molecule has 2 atom stereocenters. The highest BCUT2D eigenvalue weighted by atomic mass is 16.3. The van der Waals surface area contributed by atoms with Crippen LogP contribution in [0.15, 0.2) is 12.4 Å². The van der Waals surface area contributed by atoms with Crippen molar-refractivity contribution in [3.8, 4) is 0 Å². The van der Waals surface area contributed by atoms with Gasteiger partial charge in [-0.05, 0) is 33.1 Å². The van der Waals surface area contributed by atoms with Crippen molar-refractivity contribution in [2.24, 2.45) is 0 Å². The highest BCUT2D eigenvalue weighted by Gasteiger charge is 2.30. The quantitative estimate of drug-likeness (QED) is 0.877. The van der Waals surface area contributed by atoms with Gasteiger partial charge in [-0.1, -0.05) is 0 Å². The van der Waals surface area contributed by atoms with Crippen molar-refractivity contribution in [2.45, 2.75) is 51.8 Å². The van der Waals surface area contributed by atoms with Crippen LogP contribution in [-0.4, -0.2) is 44.4 Å². The summed E-state index contributed by atoms with van der Waals surface area (Å²) in [7, 11) is 0. The van der Waals surface area contributed by atoms with E-state index < -0.39 is 0 Å². The summed E-state index contributed by atoms with van der Waals surface area (Å²) in [5.41, 5.74) is 0.648. The second-order valence-electron chi connectivity index (χ2n) is 4.96. The van der Waals surface area contributed by atoms with Crippen molar-refractivity contribution in [2.75, 3.05) is 6.54 Å². The number of aliphatic hydroxyl groups is 1. The molecule has 1 N–H and O–H groups in total. The SMILES string of the molecule is CCn1cc(C(=O)N2CCC[C@H]2C[C@@H](C)O)cn1. The predicted octanol–water partition coefficient (Wildman–Crippen LogP) is 1.28. The fourth-order valence-electron chi connectivity index (χ4n) is 2.55. The third-order valence-corrected chi connectivity index (χ3v) is 3.46. The maximum atomic E-state index is 12.4. The first kappa shape index (κ1) is 13.1. The number of aromatic nitrogens is 2. The van der Waals surface area contributed by atoms with Crippen LogP contribution in [0, 0.1) is 0 Å². The summed E-state index contributed by atoms with van der Waals surface area (Å²) in [5, 5.41) is 13.6. The Kier molecular flexibility index (Phi) is 4.01. The fourth-order valence-corrected chi connectivity index (χ4v) is 2.55. The molecule has 1 aliphatic rings. The van der Waals surface area contributed by atoms with Crippen LogP contribution in [0.3, 0.4) is 0 Å². The van der Waals surface area contributed by atoms with E-state index in [1.807, 2.05) is 11.8 Å². The van der Waals surface area contributed by atoms with E-state index in [1.54, 1.807) is 24.0 Å². The average Bonchev–Trinajstić information content (AvgIpc) is 2.95. The molecule has 18 heavy (non-hydrogen) atoms. The second kappa shape index (κ2) is 5.52. The molecule has 0 saturated carbocycles. The van der Waals surface area contributed by atoms with Gasteiger partial charge in [0.2, 0.25) is 0 Å². The Hall–Kier alpha value is -1.36. The third-order valence-electron chi connectivity index (χ3n) is 3.46. The number of aliphatic hydroxyl groups excluding tert-OH is 1. The molecule has 1 aliphatic heterocycles. The molecule has 1 aromatic heterocycles. The van der Waals surface area contributed by atoms with E-state index in [9.17, 15) is 9.90 Å². The van der Waals surface area contributed by atoms with Crippen LogP contribution in [-0.2, 0) is 6.54 Å². The molecule has 2 heterocycles. The molecular formula is C13H21N3O2. The summed E-state index contributed by atoms with van der Waals surface area (Å²) in [4.78, 5) is 14.2. The molecule has 1 saturated heterocycles. The first-order valence-electron chi connectivity index (χ1n) is 6.63. The molecule has 5 heteroatoms. The van der Waals surface area contributed by atoms with E-state index >= 15 is 0 Å². The molecule has 5 nitrogen and oxygen atoms in total. The predicted molar refractivity (Wildman–Crippen MR) is 68.3 cm³/mol. The van der Waals surface area contributed by atoms with Crippen molar-refractivity contribution in [3.05, 3.63) is 18.0 Å². The zero-order valence-corrected chi connectivity index (χ0v) is 11.0. The Morgan fingerprint density at radius 1 is 1.67 bits per heavy atom. The molecule has 100 valence electrons. The van der Waals surface area contributed by atoms with Crippen molar-refractivity contribution >= 4 is 5.91 Å². The van der Waals surface area contributed by atoms with Gasteiger partial charge in [0.05, 0.1) is 17.9 Å². The number of nitrogens with zero attached hydrogens (tertiary/aromatic N) is 3. The number of rotatable bonds is 4. The molecule has 0 aromatic carbocycles. The lowest BCUT2D eigenvalue weighted by molar-refractivity contribution is 0.0682. The van der Waals surface area contributed by atoms with E-state index in [-0.39, 0.29) is 18.1 Å². The largest absolute Gasteiger partial charge is 0.393 e. The van der Waals surface area contributed by atoms with E-state index in [1.165, 1.54) is 0 Å². The van der Waals surface area contributed by atoms with Gasteiger partial charge in [-0.15, -0.1) is 0 Å². The first-order chi connectivity index (χ1) is 8.61. The van der Waals surface area contributed by atoms with Crippen LogP contribution < -0.4 is 0 Å². The van der Waals surface area contributed by atoms with Gasteiger partial charge < -0.3 is 10.0 Å². The van der Waals surface area contributed by atoms with E-state index in [0.717, 1.165) is 25.9 Å². The van der Waals surface area contributed by atoms with Crippen LogP contribution in [0.25, 0.3) is 0 Å². The zero-order chi connectivity index (χ0) is 13.1. The molecule has 0 aliphatic carbocycles. The van der Waals surface area contributed by atoms with Crippen LogP contribution in [0.2, 0.25) is 0 Å². The molecule has 0 unspecified atom stereocenters. The maximum absolute atomic E-state index is 12.4. The number of hydrogen-bond acceptors (Lipinski definition) is 3. The normalized spacial score (nSPS) is 21.3. The Bertz CT molecular complexity index is 414. The lowest BCUT2D eigenvalue weighted by atomic mass is 10.1. The summed E-state index contributed by atoms with van der Waals surface area (Å²) in [6.45, 7) is 5.32. The van der Waals surface area contributed by atoms with E-state index in [2.05, 4.69) is 5.10 Å². The molecular weight excluding hydrogens is 230 g/mol. The molecule has 0 radical (unpaired) electrons. The Morgan fingerprint density at radius 3 is 3.06 bits per heavy atom. The highest BCUT2D eigenvalue weighted by molar-refractivity contribution is 5.94. The number of hydrogen-bond donors (Lipinski definition) is 1. The van der Waals surface area contributed by atoms with Gasteiger partial charge in [0.15, 0.2) is 0 Å². The van der Waals surface area contributed by atoms with Crippen molar-refractivity contribution in [3.63, 3.8) is 0 Å². The fraction of sp³-hybridized carbons (Fsp3) is 0.692. The van der Waals surface area contributed by atoms with E-state index in [4.69, 9.17) is 0 Å². The highest BCUT2D eigenvalue weighted by Crippen LogP contribution is 2.23. The minimum atomic E-state index is -0.359. The number of carbonyl (C=O) groups is 1. The number of amides is 1. The van der Waals surface area contributed by atoms with Gasteiger partial charge in [0.25, 0.3) is 5.91 Å². The summed E-state index contributed by atoms with van der Waals surface area (Å²) in [6, 6.07) is 0.169. The van der Waals surface area contributed by atoms with Crippen LogP contribution in [0.5, 0.6) is 0 Å². The number of aryl methyl sites for hydroxylation is 1. The smallest absolute Gasteiger partial charge is 0.257 e. The van der Waals surface area contributed by atoms with Crippen LogP contribution in [0.4, 0.5) is 0 Å². The van der Waals surface area contributed by atoms with E-state index in [0.29, 0.717) is 12.0 Å². The van der Waals surface area contributed by atoms with Crippen molar-refractivity contribution in [1.82, 2.24) is 14.7 Å². The van der Waals surface area contributed by atoms with Gasteiger partial charge in [-0.3, -0.25) is 9.48 Å². The standard InChI is InChI=1S/C13H21N3O2/c1-3-15-9-11(8-14-15)13(18)16-6-4-5-12(16)7-10(2)17/h8-10,12,17H,3-7H2,1-2H3/t10-,12+/m1/s1. The molecule has 2 rings (SSSR count). The average molecular weight is 251 g/mol. The molecule has 0 spiro atoms. The molecule has 1 fully saturated rings. The Labute approximate surface area is 107 Å². The monoisotopic (exact) mass is 251 g/mol. The molecule has 1 aromatic rings. The lowest BCUT2D eigenvalue weighted by Crippen LogP contribution is -2.37. The molecule has 1 amide bonds. The van der Waals surface area contributed by atoms with Crippen LogP contribution in [0.1, 0.15) is 43.5 Å². The maximum Gasteiger partial charge on any atom is 0.257 e. The Morgan fingerprint density at radius 2 is 2.44 bits per heavy atom. The van der Waals surface area contributed by atoms with Gasteiger partial charge in [0, 0.05) is 25.3 Å². The summed E-state index contributed by atoms with van der Waals surface area (Å²) >= 11 is 0. The Balaban J connectivity index is 2.07. The van der Waals surface area contributed by atoms with Gasteiger partial charge in [0.1, 0.15) is 0 Å². The molecule has 0 bridgehead atoms. The number of carbonyl (C=O) groups excluding carboxylic acids is 1. The topological polar surface area (TPSA) is 58.4 Å². The minimum absolute atomic E-state index is 0.0397. The van der Waals surface area contributed by atoms with Gasteiger partial charge in [-0.2, -0.15) is 5.10 Å².